The molecule has 1 amide bonds. The maximum absolute atomic E-state index is 13.1. The molecule has 0 aliphatic rings. The first kappa shape index (κ1) is 18.6. The zero-order valence-corrected chi connectivity index (χ0v) is 13.5. The number of nitrogens with one attached hydrogen (secondary N) is 1. The van der Waals surface area contributed by atoms with Crippen LogP contribution in [0.1, 0.15) is 36.4 Å². The van der Waals surface area contributed by atoms with Crippen LogP contribution < -0.4 is 5.32 Å². The van der Waals surface area contributed by atoms with Crippen LogP contribution in [-0.4, -0.2) is 17.0 Å². The topological polar surface area (TPSA) is 66.4 Å². The van der Waals surface area contributed by atoms with E-state index in [-0.39, 0.29) is 18.7 Å². The van der Waals surface area contributed by atoms with E-state index in [2.05, 4.69) is 5.32 Å². The van der Waals surface area contributed by atoms with Crippen LogP contribution in [0.5, 0.6) is 0 Å². The van der Waals surface area contributed by atoms with Gasteiger partial charge in [-0.15, -0.1) is 0 Å². The van der Waals surface area contributed by atoms with Gasteiger partial charge < -0.3 is 10.4 Å². The summed E-state index contributed by atoms with van der Waals surface area (Å²) in [5, 5.41) is 11.7. The van der Waals surface area contributed by atoms with E-state index in [9.17, 15) is 18.4 Å². The molecule has 0 radical (unpaired) electrons. The molecule has 0 spiro atoms. The summed E-state index contributed by atoms with van der Waals surface area (Å²) in [6, 6.07) is 11.9. The Morgan fingerprint density at radius 3 is 2.40 bits per heavy atom. The zero-order valence-electron chi connectivity index (χ0n) is 13.5. The van der Waals surface area contributed by atoms with Gasteiger partial charge in [-0.25, -0.2) is 8.78 Å². The average molecular weight is 347 g/mol. The Morgan fingerprint density at radius 1 is 1.04 bits per heavy atom. The van der Waals surface area contributed by atoms with E-state index in [1.54, 1.807) is 24.3 Å². The maximum Gasteiger partial charge on any atom is 0.305 e. The Balaban J connectivity index is 1.88. The molecule has 0 aliphatic carbocycles. The highest BCUT2D eigenvalue weighted by molar-refractivity contribution is 5.77. The molecule has 1 atom stereocenters. The fraction of sp³-hybridized carbons (Fsp3) is 0.263. The second-order valence-electron chi connectivity index (χ2n) is 5.73. The Bertz CT molecular complexity index is 735. The molecular formula is C19H19F2NO3. The molecule has 0 heterocycles. The minimum atomic E-state index is -1.00. The lowest BCUT2D eigenvalue weighted by Gasteiger charge is -2.17. The number of hydrogen-bond donors (Lipinski definition) is 2. The monoisotopic (exact) mass is 347 g/mol. The van der Waals surface area contributed by atoms with E-state index in [4.69, 9.17) is 5.11 Å². The second kappa shape index (κ2) is 8.92. The Hall–Kier alpha value is -2.76. The van der Waals surface area contributed by atoms with Crippen molar-refractivity contribution in [3.8, 4) is 0 Å². The number of aliphatic carboxylic acids is 1. The molecule has 2 aromatic carbocycles. The van der Waals surface area contributed by atoms with Crippen LogP contribution in [0.15, 0.2) is 48.5 Å². The number of carbonyl (C=O) groups excluding carboxylic acids is 1. The summed E-state index contributed by atoms with van der Waals surface area (Å²) >= 11 is 0. The minimum absolute atomic E-state index is 0.169. The molecule has 1 unspecified atom stereocenters. The number of aryl methyl sites for hydroxylation is 1. The van der Waals surface area contributed by atoms with Crippen molar-refractivity contribution in [2.24, 2.45) is 0 Å². The zero-order chi connectivity index (χ0) is 18.2. The third-order valence-corrected chi connectivity index (χ3v) is 3.77. The van der Waals surface area contributed by atoms with Crippen LogP contribution in [0.3, 0.4) is 0 Å². The van der Waals surface area contributed by atoms with Crippen molar-refractivity contribution in [2.45, 2.75) is 31.7 Å². The van der Waals surface area contributed by atoms with E-state index in [0.717, 1.165) is 17.7 Å². The molecule has 132 valence electrons. The highest BCUT2D eigenvalue weighted by Crippen LogP contribution is 2.17. The summed E-state index contributed by atoms with van der Waals surface area (Å²) in [5.74, 6) is -3.10. The van der Waals surface area contributed by atoms with Crippen LogP contribution in [0.2, 0.25) is 0 Å². The average Bonchev–Trinajstić information content (AvgIpc) is 2.58. The number of halogens is 2. The molecule has 0 saturated carbocycles. The maximum atomic E-state index is 13.1. The van der Waals surface area contributed by atoms with Crippen molar-refractivity contribution in [1.29, 1.82) is 0 Å². The second-order valence-corrected chi connectivity index (χ2v) is 5.73. The SMILES string of the molecule is O=C(O)CC(NC(=O)CCCc1ccc(F)c(F)c1)c1ccccc1. The van der Waals surface area contributed by atoms with Crippen LogP contribution in [0.25, 0.3) is 0 Å². The van der Waals surface area contributed by atoms with Crippen LogP contribution in [0, 0.1) is 11.6 Å². The summed E-state index contributed by atoms with van der Waals surface area (Å²) in [7, 11) is 0. The van der Waals surface area contributed by atoms with Gasteiger partial charge in [0.05, 0.1) is 12.5 Å². The summed E-state index contributed by atoms with van der Waals surface area (Å²) in [4.78, 5) is 23.1. The van der Waals surface area contributed by atoms with Crippen LogP contribution in [0.4, 0.5) is 8.78 Å². The normalized spacial score (nSPS) is 11.8. The van der Waals surface area contributed by atoms with Gasteiger partial charge in [0.15, 0.2) is 11.6 Å². The summed E-state index contributed by atoms with van der Waals surface area (Å²) in [5.41, 5.74) is 1.33. The molecule has 2 N–H and O–H groups in total. The molecule has 2 aromatic rings. The van der Waals surface area contributed by atoms with E-state index in [1.807, 2.05) is 6.07 Å². The van der Waals surface area contributed by atoms with Crippen LogP contribution >= 0.6 is 0 Å². The molecule has 25 heavy (non-hydrogen) atoms. The van der Waals surface area contributed by atoms with E-state index >= 15 is 0 Å². The van der Waals surface area contributed by atoms with Gasteiger partial charge in [-0.3, -0.25) is 9.59 Å². The van der Waals surface area contributed by atoms with Gasteiger partial charge in [-0.2, -0.15) is 0 Å². The molecule has 2 rings (SSSR count). The van der Waals surface area contributed by atoms with E-state index < -0.39 is 23.6 Å². The lowest BCUT2D eigenvalue weighted by molar-refractivity contribution is -0.137. The number of benzene rings is 2. The fourth-order valence-electron chi connectivity index (χ4n) is 2.53. The molecule has 4 nitrogen and oxygen atoms in total. The number of hydrogen-bond acceptors (Lipinski definition) is 2. The molecule has 0 aliphatic heterocycles. The standard InChI is InChI=1S/C19H19F2NO3/c20-15-10-9-13(11-16(15)21)5-4-8-18(23)22-17(12-19(24)25)14-6-2-1-3-7-14/h1-3,6-7,9-11,17H,4-5,8,12H2,(H,22,23)(H,24,25). The number of carboxylic acid groups (broad SMARTS) is 1. The highest BCUT2D eigenvalue weighted by atomic mass is 19.2. The quantitative estimate of drug-likeness (QED) is 0.766. The fourth-order valence-corrected chi connectivity index (χ4v) is 2.53. The van der Waals surface area contributed by atoms with Crippen molar-refractivity contribution < 1.29 is 23.5 Å². The molecule has 0 saturated heterocycles. The first-order valence-electron chi connectivity index (χ1n) is 7.95. The molecule has 0 fully saturated rings. The van der Waals surface area contributed by atoms with Gasteiger partial charge >= 0.3 is 5.97 Å². The van der Waals surface area contributed by atoms with Crippen molar-refractivity contribution in [2.75, 3.05) is 0 Å². The predicted molar refractivity (Wildman–Crippen MR) is 88.9 cm³/mol. The smallest absolute Gasteiger partial charge is 0.305 e. The lowest BCUT2D eigenvalue weighted by atomic mass is 10.0. The van der Waals surface area contributed by atoms with E-state index in [1.165, 1.54) is 6.07 Å². The summed E-state index contributed by atoms with van der Waals surface area (Å²) < 4.78 is 26.0. The Morgan fingerprint density at radius 2 is 1.76 bits per heavy atom. The van der Waals surface area contributed by atoms with Crippen molar-refractivity contribution in [1.82, 2.24) is 5.32 Å². The van der Waals surface area contributed by atoms with Gasteiger partial charge in [0.2, 0.25) is 5.91 Å². The summed E-state index contributed by atoms with van der Waals surface area (Å²) in [6.45, 7) is 0. The number of carbonyl (C=O) groups is 2. The Kier molecular flexibility index (Phi) is 6.62. The van der Waals surface area contributed by atoms with Crippen LogP contribution in [-0.2, 0) is 16.0 Å². The lowest BCUT2D eigenvalue weighted by Crippen LogP contribution is -2.30. The number of rotatable bonds is 8. The van der Waals surface area contributed by atoms with Gasteiger partial charge in [-0.1, -0.05) is 36.4 Å². The van der Waals surface area contributed by atoms with Gasteiger partial charge in [0.1, 0.15) is 0 Å². The largest absolute Gasteiger partial charge is 0.481 e. The Labute approximate surface area is 144 Å². The minimum Gasteiger partial charge on any atom is -0.481 e. The highest BCUT2D eigenvalue weighted by Gasteiger charge is 2.17. The predicted octanol–water partition coefficient (Wildman–Crippen LogP) is 3.62. The molecule has 0 bridgehead atoms. The third-order valence-electron chi connectivity index (χ3n) is 3.77. The van der Waals surface area contributed by atoms with Gasteiger partial charge in [-0.05, 0) is 36.1 Å². The molecular weight excluding hydrogens is 328 g/mol. The number of amides is 1. The van der Waals surface area contributed by atoms with Gasteiger partial charge in [0, 0.05) is 6.42 Å². The third kappa shape index (κ3) is 5.99. The van der Waals surface area contributed by atoms with Gasteiger partial charge in [0.25, 0.3) is 0 Å². The molecule has 0 aromatic heterocycles. The first-order chi connectivity index (χ1) is 12.0. The number of carboxylic acids is 1. The molecule has 6 heteroatoms. The van der Waals surface area contributed by atoms with Crippen molar-refractivity contribution >= 4 is 11.9 Å². The van der Waals surface area contributed by atoms with Crippen molar-refractivity contribution in [3.05, 3.63) is 71.3 Å². The summed E-state index contributed by atoms with van der Waals surface area (Å²) in [6.07, 6.45) is 0.839. The van der Waals surface area contributed by atoms with Crippen molar-refractivity contribution in [3.63, 3.8) is 0 Å². The van der Waals surface area contributed by atoms with E-state index in [0.29, 0.717) is 18.4 Å². The first-order valence-corrected chi connectivity index (χ1v) is 7.95.